The van der Waals surface area contributed by atoms with Crippen molar-refractivity contribution >= 4 is 22.7 Å². The summed E-state index contributed by atoms with van der Waals surface area (Å²) in [5.74, 6) is -0.984. The second-order valence-corrected chi connectivity index (χ2v) is 3.44. The Balaban J connectivity index is 2.43. The van der Waals surface area contributed by atoms with E-state index in [0.717, 1.165) is 5.56 Å². The van der Waals surface area contributed by atoms with Gasteiger partial charge in [0.2, 0.25) is 5.17 Å². The number of carbonyl (C=O) groups excluding carboxylic acids is 1. The molecule has 0 atom stereocenters. The molecule has 17 heavy (non-hydrogen) atoms. The smallest absolute Gasteiger partial charge is 0.370 e. The number of nitrogens with zero attached hydrogens (tertiary/aromatic N) is 1. The van der Waals surface area contributed by atoms with Crippen molar-refractivity contribution < 1.29 is 13.9 Å². The Morgan fingerprint density at radius 2 is 2.12 bits per heavy atom. The van der Waals surface area contributed by atoms with E-state index in [-0.39, 0.29) is 17.6 Å². The predicted octanol–water partition coefficient (Wildman–Crippen LogP) is 2.03. The summed E-state index contributed by atoms with van der Waals surface area (Å²) in [4.78, 5) is 11.1. The summed E-state index contributed by atoms with van der Waals surface area (Å²) in [6.45, 7) is 2.26. The second-order valence-electron chi connectivity index (χ2n) is 3.08. The van der Waals surface area contributed by atoms with Crippen LogP contribution in [0.1, 0.15) is 12.5 Å². The average Bonchev–Trinajstić information content (AvgIpc) is 2.32. The Bertz CT molecular complexity index is 406. The summed E-state index contributed by atoms with van der Waals surface area (Å²) in [6.07, 6.45) is 0. The second kappa shape index (κ2) is 6.85. The number of ether oxygens (including phenoxy) is 1. The molecule has 92 valence electrons. The molecular weight excluding hydrogens is 247 g/mol. The summed E-state index contributed by atoms with van der Waals surface area (Å²) in [7, 11) is 0. The third kappa shape index (κ3) is 4.82. The zero-order chi connectivity index (χ0) is 12.7. The van der Waals surface area contributed by atoms with Crippen LogP contribution in [0.15, 0.2) is 29.4 Å². The Hall–Kier alpha value is -1.62. The number of halogens is 2. The summed E-state index contributed by atoms with van der Waals surface area (Å²) in [6, 6.07) is 5.90. The van der Waals surface area contributed by atoms with Crippen LogP contribution in [0.5, 0.6) is 0 Å². The highest BCUT2D eigenvalue weighted by atomic mass is 35.5. The molecule has 0 aliphatic carbocycles. The van der Waals surface area contributed by atoms with Crippen LogP contribution in [0.2, 0.25) is 0 Å². The molecule has 0 fully saturated rings. The molecule has 4 nitrogen and oxygen atoms in total. The molecule has 1 rings (SSSR count). The molecule has 0 unspecified atom stereocenters. The van der Waals surface area contributed by atoms with Crippen molar-refractivity contribution in [3.05, 3.63) is 35.6 Å². The van der Waals surface area contributed by atoms with Crippen LogP contribution < -0.4 is 5.43 Å². The minimum absolute atomic E-state index is 0.239. The molecule has 1 N–H and O–H groups in total. The molecule has 0 amide bonds. The quantitative estimate of drug-likeness (QED) is 0.499. The average molecular weight is 259 g/mol. The maximum atomic E-state index is 12.6. The first-order valence-electron chi connectivity index (χ1n) is 5.01. The van der Waals surface area contributed by atoms with Crippen molar-refractivity contribution in [2.24, 2.45) is 5.10 Å². The van der Waals surface area contributed by atoms with E-state index in [1.165, 1.54) is 12.1 Å². The highest BCUT2D eigenvalue weighted by Crippen LogP contribution is 2.02. The number of hydrazone groups is 1. The maximum Gasteiger partial charge on any atom is 0.370 e. The third-order valence-corrected chi connectivity index (χ3v) is 2.06. The van der Waals surface area contributed by atoms with Crippen LogP contribution in [-0.4, -0.2) is 17.7 Å². The highest BCUT2D eigenvalue weighted by molar-refractivity contribution is 6.81. The third-order valence-electron chi connectivity index (χ3n) is 1.82. The van der Waals surface area contributed by atoms with Crippen LogP contribution in [0.3, 0.4) is 0 Å². The molecule has 0 saturated heterocycles. The minimum atomic E-state index is -0.680. The van der Waals surface area contributed by atoms with Gasteiger partial charge in [0.1, 0.15) is 5.82 Å². The van der Waals surface area contributed by atoms with Crippen LogP contribution in [0.4, 0.5) is 4.39 Å². The van der Waals surface area contributed by atoms with Crippen molar-refractivity contribution in [2.75, 3.05) is 6.61 Å². The number of nitrogens with one attached hydrogen (secondary N) is 1. The van der Waals surface area contributed by atoms with E-state index < -0.39 is 5.97 Å². The van der Waals surface area contributed by atoms with Crippen LogP contribution in [0, 0.1) is 5.82 Å². The summed E-state index contributed by atoms with van der Waals surface area (Å²) in [5, 5.41) is 3.35. The Labute approximate surface area is 103 Å². The molecule has 0 radical (unpaired) electrons. The van der Waals surface area contributed by atoms with Crippen molar-refractivity contribution in [3.63, 3.8) is 0 Å². The van der Waals surface area contributed by atoms with E-state index in [2.05, 4.69) is 15.3 Å². The first-order chi connectivity index (χ1) is 8.13. The number of esters is 1. The van der Waals surface area contributed by atoms with Gasteiger partial charge < -0.3 is 10.2 Å². The lowest BCUT2D eigenvalue weighted by atomic mass is 10.2. The van der Waals surface area contributed by atoms with E-state index in [9.17, 15) is 9.18 Å². The zero-order valence-electron chi connectivity index (χ0n) is 9.24. The fourth-order valence-electron chi connectivity index (χ4n) is 1.04. The van der Waals surface area contributed by atoms with Gasteiger partial charge in [0, 0.05) is 0 Å². The van der Waals surface area contributed by atoms with Gasteiger partial charge in [0.05, 0.1) is 13.2 Å². The molecule has 0 aromatic heterocycles. The number of rotatable bonds is 5. The summed E-state index contributed by atoms with van der Waals surface area (Å²) < 4.78 is 17.2. The SMILES string of the molecule is CCOC(=O)/C(Cl)=N/NCc1ccc(F)cc1. The van der Waals surface area contributed by atoms with Gasteiger partial charge in [-0.05, 0) is 24.6 Å². The lowest BCUT2D eigenvalue weighted by Gasteiger charge is -2.02. The first-order valence-corrected chi connectivity index (χ1v) is 5.39. The first kappa shape index (κ1) is 13.4. The molecule has 1 aromatic rings. The summed E-state index contributed by atoms with van der Waals surface area (Å²) in [5.41, 5.74) is 3.42. The number of hydrogen-bond donors (Lipinski definition) is 1. The van der Waals surface area contributed by atoms with E-state index >= 15 is 0 Å². The molecule has 0 bridgehead atoms. The molecular formula is C11H12ClFN2O2. The highest BCUT2D eigenvalue weighted by Gasteiger charge is 2.08. The van der Waals surface area contributed by atoms with Crippen LogP contribution in [0.25, 0.3) is 0 Å². The van der Waals surface area contributed by atoms with Gasteiger partial charge in [-0.3, -0.25) is 0 Å². The molecule has 0 spiro atoms. The normalized spacial score (nSPS) is 11.1. The van der Waals surface area contributed by atoms with Gasteiger partial charge in [-0.1, -0.05) is 23.7 Å². The Morgan fingerprint density at radius 1 is 1.47 bits per heavy atom. The van der Waals surface area contributed by atoms with Gasteiger partial charge in [0.25, 0.3) is 0 Å². The van der Waals surface area contributed by atoms with E-state index in [1.54, 1.807) is 19.1 Å². The molecule has 1 aromatic carbocycles. The van der Waals surface area contributed by atoms with Crippen molar-refractivity contribution in [1.29, 1.82) is 0 Å². The van der Waals surface area contributed by atoms with Gasteiger partial charge >= 0.3 is 5.97 Å². The summed E-state index contributed by atoms with van der Waals surface area (Å²) >= 11 is 5.55. The fraction of sp³-hybridized carbons (Fsp3) is 0.273. The minimum Gasteiger partial charge on any atom is -0.461 e. The lowest BCUT2D eigenvalue weighted by molar-refractivity contribution is -0.134. The standard InChI is InChI=1S/C11H12ClFN2O2/c1-2-17-11(16)10(12)15-14-7-8-3-5-9(13)6-4-8/h3-6,14H,2,7H2,1H3/b15-10-. The molecule has 0 aliphatic heterocycles. The van der Waals surface area contributed by atoms with Gasteiger partial charge in [-0.2, -0.15) is 5.10 Å². The van der Waals surface area contributed by atoms with Crippen molar-refractivity contribution in [2.45, 2.75) is 13.5 Å². The van der Waals surface area contributed by atoms with Gasteiger partial charge in [0.15, 0.2) is 0 Å². The van der Waals surface area contributed by atoms with Crippen molar-refractivity contribution in [3.8, 4) is 0 Å². The number of hydrogen-bond acceptors (Lipinski definition) is 4. The maximum absolute atomic E-state index is 12.6. The van der Waals surface area contributed by atoms with E-state index in [1.807, 2.05) is 0 Å². The predicted molar refractivity (Wildman–Crippen MR) is 63.2 cm³/mol. The molecule has 0 saturated carbocycles. The molecule has 0 aliphatic rings. The molecule has 0 heterocycles. The van der Waals surface area contributed by atoms with Gasteiger partial charge in [-0.25, -0.2) is 9.18 Å². The van der Waals surface area contributed by atoms with Gasteiger partial charge in [-0.15, -0.1) is 0 Å². The van der Waals surface area contributed by atoms with Crippen LogP contribution in [-0.2, 0) is 16.1 Å². The largest absolute Gasteiger partial charge is 0.461 e. The van der Waals surface area contributed by atoms with Crippen molar-refractivity contribution in [1.82, 2.24) is 5.43 Å². The monoisotopic (exact) mass is 258 g/mol. The lowest BCUT2D eigenvalue weighted by Crippen LogP contribution is -2.16. The number of benzene rings is 1. The van der Waals surface area contributed by atoms with E-state index in [0.29, 0.717) is 6.54 Å². The number of carbonyl (C=O) groups is 1. The Morgan fingerprint density at radius 3 is 2.71 bits per heavy atom. The van der Waals surface area contributed by atoms with Crippen LogP contribution >= 0.6 is 11.6 Å². The Kier molecular flexibility index (Phi) is 5.42. The zero-order valence-corrected chi connectivity index (χ0v) is 10.00. The van der Waals surface area contributed by atoms with E-state index in [4.69, 9.17) is 11.6 Å². The fourth-order valence-corrected chi connectivity index (χ4v) is 1.15. The topological polar surface area (TPSA) is 50.7 Å². The molecule has 6 heteroatoms.